The summed E-state index contributed by atoms with van der Waals surface area (Å²) in [5.41, 5.74) is 2.02. The Morgan fingerprint density at radius 3 is 2.53 bits per heavy atom. The molecule has 0 unspecified atom stereocenters. The number of ether oxygens (including phenoxy) is 3. The topological polar surface area (TPSA) is 79.1 Å². The lowest BCUT2D eigenvalue weighted by Gasteiger charge is -2.26. The van der Waals surface area contributed by atoms with Crippen LogP contribution >= 0.6 is 11.3 Å². The first-order chi connectivity index (χ1) is 17.5. The normalized spacial score (nSPS) is 15.2. The van der Waals surface area contributed by atoms with Crippen LogP contribution in [0.15, 0.2) is 82.2 Å². The Balaban J connectivity index is 1.96. The summed E-state index contributed by atoms with van der Waals surface area (Å²) in [6.07, 6.45) is 3.46. The molecule has 0 N–H and O–H groups in total. The molecule has 1 atom stereocenters. The molecular weight excluding hydrogens is 476 g/mol. The van der Waals surface area contributed by atoms with Gasteiger partial charge in [0.25, 0.3) is 5.56 Å². The first-order valence-electron chi connectivity index (χ1n) is 11.7. The zero-order valence-corrected chi connectivity index (χ0v) is 21.3. The largest absolute Gasteiger partial charge is 0.494 e. The Hall–Kier alpha value is -3.91. The van der Waals surface area contributed by atoms with Gasteiger partial charge in [-0.1, -0.05) is 60.4 Å². The summed E-state index contributed by atoms with van der Waals surface area (Å²) in [6.45, 7) is 10.1. The summed E-state index contributed by atoms with van der Waals surface area (Å²) in [4.78, 5) is 32.1. The first kappa shape index (κ1) is 25.2. The lowest BCUT2D eigenvalue weighted by atomic mass is 9.95. The van der Waals surface area contributed by atoms with E-state index in [0.29, 0.717) is 50.9 Å². The average Bonchev–Trinajstić information content (AvgIpc) is 3.17. The average molecular weight is 505 g/mol. The zero-order valence-electron chi connectivity index (χ0n) is 20.5. The van der Waals surface area contributed by atoms with E-state index in [4.69, 9.17) is 14.2 Å². The van der Waals surface area contributed by atoms with Gasteiger partial charge in [0.15, 0.2) is 4.80 Å². The van der Waals surface area contributed by atoms with Gasteiger partial charge >= 0.3 is 5.97 Å². The Morgan fingerprint density at radius 1 is 1.08 bits per heavy atom. The van der Waals surface area contributed by atoms with Crippen LogP contribution < -0.4 is 24.4 Å². The number of carbonyl (C=O) groups excluding carboxylic acids is 1. The number of nitrogens with zero attached hydrogens (tertiary/aromatic N) is 2. The van der Waals surface area contributed by atoms with E-state index in [2.05, 4.69) is 11.6 Å². The minimum atomic E-state index is -0.738. The minimum absolute atomic E-state index is 0.210. The molecule has 1 aromatic heterocycles. The SMILES string of the molecule is C=CCOc1ccccc1C=c1sc2n(c1=O)[C@@H](c1ccccc1OCC)C(C(=O)OCC)=C(C)N=2. The number of aromatic nitrogens is 1. The number of esters is 1. The second-order valence-electron chi connectivity index (χ2n) is 7.91. The van der Waals surface area contributed by atoms with E-state index in [1.54, 1.807) is 30.6 Å². The van der Waals surface area contributed by atoms with Crippen molar-refractivity contribution in [2.24, 2.45) is 4.99 Å². The van der Waals surface area contributed by atoms with Gasteiger partial charge in [0.1, 0.15) is 24.1 Å². The van der Waals surface area contributed by atoms with E-state index in [0.717, 1.165) is 5.56 Å². The quantitative estimate of drug-likeness (QED) is 0.328. The molecule has 8 heteroatoms. The van der Waals surface area contributed by atoms with Crippen LogP contribution in [0.5, 0.6) is 11.5 Å². The monoisotopic (exact) mass is 504 g/mol. The predicted octanol–water partition coefficient (Wildman–Crippen LogP) is 3.76. The van der Waals surface area contributed by atoms with Crippen molar-refractivity contribution in [2.75, 3.05) is 19.8 Å². The van der Waals surface area contributed by atoms with Crippen molar-refractivity contribution < 1.29 is 19.0 Å². The molecule has 0 aliphatic carbocycles. The van der Waals surface area contributed by atoms with Crippen molar-refractivity contribution in [1.82, 2.24) is 4.57 Å². The third-order valence-corrected chi connectivity index (χ3v) is 6.58. The van der Waals surface area contributed by atoms with Gasteiger partial charge < -0.3 is 14.2 Å². The van der Waals surface area contributed by atoms with E-state index >= 15 is 0 Å². The summed E-state index contributed by atoms with van der Waals surface area (Å²) in [7, 11) is 0. The van der Waals surface area contributed by atoms with Crippen LogP contribution in [-0.2, 0) is 9.53 Å². The summed E-state index contributed by atoms with van der Waals surface area (Å²) < 4.78 is 19.0. The maximum Gasteiger partial charge on any atom is 0.338 e. The van der Waals surface area contributed by atoms with Crippen LogP contribution in [0.3, 0.4) is 0 Å². The van der Waals surface area contributed by atoms with Crippen molar-refractivity contribution in [1.29, 1.82) is 0 Å². The molecule has 1 aliphatic heterocycles. The third-order valence-electron chi connectivity index (χ3n) is 5.59. The van der Waals surface area contributed by atoms with E-state index in [9.17, 15) is 9.59 Å². The summed E-state index contributed by atoms with van der Waals surface area (Å²) >= 11 is 1.26. The fourth-order valence-corrected chi connectivity index (χ4v) is 5.14. The minimum Gasteiger partial charge on any atom is -0.494 e. The van der Waals surface area contributed by atoms with Crippen LogP contribution in [0, 0.1) is 0 Å². The number of para-hydroxylation sites is 2. The Bertz CT molecular complexity index is 1500. The highest BCUT2D eigenvalue weighted by molar-refractivity contribution is 7.07. The Morgan fingerprint density at radius 2 is 1.81 bits per heavy atom. The molecule has 0 saturated heterocycles. The summed E-state index contributed by atoms with van der Waals surface area (Å²) in [5.74, 6) is 0.733. The van der Waals surface area contributed by atoms with Gasteiger partial charge in [-0.2, -0.15) is 0 Å². The number of carbonyl (C=O) groups is 1. The molecule has 0 spiro atoms. The molecule has 0 saturated carbocycles. The molecule has 36 heavy (non-hydrogen) atoms. The number of benzene rings is 2. The van der Waals surface area contributed by atoms with Gasteiger partial charge in [-0.25, -0.2) is 9.79 Å². The zero-order chi connectivity index (χ0) is 25.7. The van der Waals surface area contributed by atoms with Gasteiger partial charge in [0.2, 0.25) is 0 Å². The van der Waals surface area contributed by atoms with Crippen LogP contribution in [0.25, 0.3) is 6.08 Å². The van der Waals surface area contributed by atoms with Gasteiger partial charge in [0, 0.05) is 11.1 Å². The maximum absolute atomic E-state index is 13.8. The molecule has 186 valence electrons. The van der Waals surface area contributed by atoms with Crippen molar-refractivity contribution in [3.8, 4) is 11.5 Å². The van der Waals surface area contributed by atoms with Gasteiger partial charge in [-0.15, -0.1) is 0 Å². The van der Waals surface area contributed by atoms with Gasteiger partial charge in [-0.3, -0.25) is 9.36 Å². The van der Waals surface area contributed by atoms with Crippen molar-refractivity contribution in [3.05, 3.63) is 103 Å². The highest BCUT2D eigenvalue weighted by Crippen LogP contribution is 2.35. The molecule has 0 bridgehead atoms. The summed E-state index contributed by atoms with van der Waals surface area (Å²) in [5, 5.41) is 0. The molecule has 2 heterocycles. The molecule has 2 aromatic carbocycles. The van der Waals surface area contributed by atoms with Crippen molar-refractivity contribution in [2.45, 2.75) is 26.8 Å². The van der Waals surface area contributed by atoms with E-state index < -0.39 is 12.0 Å². The molecule has 4 rings (SSSR count). The smallest absolute Gasteiger partial charge is 0.338 e. The number of hydrogen-bond acceptors (Lipinski definition) is 7. The van der Waals surface area contributed by atoms with Crippen LogP contribution in [-0.4, -0.2) is 30.4 Å². The maximum atomic E-state index is 13.8. The lowest BCUT2D eigenvalue weighted by Crippen LogP contribution is -2.40. The standard InChI is InChI=1S/C28H28N2O5S/c1-5-16-35-21-14-10-8-12-19(21)17-23-26(31)30-25(20-13-9-11-15-22(20)33-6-2)24(27(32)34-7-3)18(4)29-28(30)36-23/h5,8-15,17,25H,1,6-7,16H2,2-4H3/t25-/m0/s1. The van der Waals surface area contributed by atoms with Gasteiger partial charge in [0.05, 0.1) is 29.0 Å². The number of thiazole rings is 1. The molecule has 0 fully saturated rings. The fourth-order valence-electron chi connectivity index (χ4n) is 4.10. The number of allylic oxidation sites excluding steroid dienone is 1. The molecule has 0 radical (unpaired) electrons. The number of fused-ring (bicyclic) bond motifs is 1. The highest BCUT2D eigenvalue weighted by atomic mass is 32.1. The van der Waals surface area contributed by atoms with Crippen molar-refractivity contribution in [3.63, 3.8) is 0 Å². The first-order valence-corrected chi connectivity index (χ1v) is 12.6. The third kappa shape index (κ3) is 4.90. The second kappa shape index (κ2) is 11.2. The molecule has 1 aliphatic rings. The predicted molar refractivity (Wildman–Crippen MR) is 140 cm³/mol. The fraction of sp³-hybridized carbons (Fsp3) is 0.250. The highest BCUT2D eigenvalue weighted by Gasteiger charge is 2.35. The van der Waals surface area contributed by atoms with Crippen LogP contribution in [0.4, 0.5) is 0 Å². The Labute approximate surface area is 213 Å². The van der Waals surface area contributed by atoms with E-state index in [-0.39, 0.29) is 12.2 Å². The van der Waals surface area contributed by atoms with Gasteiger partial charge in [-0.05, 0) is 39.0 Å². The van der Waals surface area contributed by atoms with E-state index in [1.165, 1.54) is 11.3 Å². The van der Waals surface area contributed by atoms with E-state index in [1.807, 2.05) is 55.5 Å². The second-order valence-corrected chi connectivity index (χ2v) is 8.92. The Kier molecular flexibility index (Phi) is 7.85. The van der Waals surface area contributed by atoms with Crippen LogP contribution in [0.2, 0.25) is 0 Å². The molecule has 3 aromatic rings. The molecular formula is C28H28N2O5S. The van der Waals surface area contributed by atoms with Crippen molar-refractivity contribution >= 4 is 23.4 Å². The summed E-state index contributed by atoms with van der Waals surface area (Å²) in [6, 6.07) is 14.2. The van der Waals surface area contributed by atoms with Crippen LogP contribution in [0.1, 0.15) is 37.9 Å². The number of hydrogen-bond donors (Lipinski definition) is 0. The molecule has 7 nitrogen and oxygen atoms in total. The molecule has 0 amide bonds. The lowest BCUT2D eigenvalue weighted by molar-refractivity contribution is -0.139. The number of rotatable bonds is 9.